The van der Waals surface area contributed by atoms with Crippen molar-refractivity contribution in [1.82, 2.24) is 14.7 Å². The van der Waals surface area contributed by atoms with E-state index in [0.29, 0.717) is 12.5 Å². The second-order valence-electron chi connectivity index (χ2n) is 9.92. The van der Waals surface area contributed by atoms with E-state index in [2.05, 4.69) is 10.00 Å². The standard InChI is InChI=1S/C20H26F5N3O2S/c21-17(22)9-28-15(8-16(26-28)20(23,24)25)18-13-6-12(7-14(13)18)27-4-1-2-19(10-27)3-5-31(29,30)11-19/h8,12-14,17-18H,1-7,9-11H2/t12-,13-,14+,18+,19-/m0/s1. The maximum atomic E-state index is 13.1. The van der Waals surface area contributed by atoms with Gasteiger partial charge in [-0.05, 0) is 62.0 Å². The van der Waals surface area contributed by atoms with Gasteiger partial charge in [-0.1, -0.05) is 0 Å². The smallest absolute Gasteiger partial charge is 0.300 e. The second-order valence-corrected chi connectivity index (χ2v) is 12.1. The van der Waals surface area contributed by atoms with E-state index in [-0.39, 0.29) is 40.4 Å². The molecule has 1 spiro atoms. The van der Waals surface area contributed by atoms with Crippen LogP contribution in [0.15, 0.2) is 6.07 Å². The van der Waals surface area contributed by atoms with Gasteiger partial charge >= 0.3 is 6.18 Å². The lowest BCUT2D eigenvalue weighted by molar-refractivity contribution is -0.141. The number of alkyl halides is 5. The zero-order valence-corrected chi connectivity index (χ0v) is 17.8. The van der Waals surface area contributed by atoms with Crippen molar-refractivity contribution in [3.63, 3.8) is 0 Å². The first kappa shape index (κ1) is 21.6. The van der Waals surface area contributed by atoms with Crippen LogP contribution in [0.3, 0.4) is 0 Å². The first-order valence-corrected chi connectivity index (χ1v) is 12.7. The van der Waals surface area contributed by atoms with Crippen molar-refractivity contribution in [1.29, 1.82) is 0 Å². The van der Waals surface area contributed by atoms with E-state index in [4.69, 9.17) is 0 Å². The third-order valence-corrected chi connectivity index (χ3v) is 9.73. The van der Waals surface area contributed by atoms with Crippen LogP contribution < -0.4 is 0 Å². The quantitative estimate of drug-likeness (QED) is 0.636. The van der Waals surface area contributed by atoms with Crippen molar-refractivity contribution in [2.45, 2.75) is 63.2 Å². The first-order valence-electron chi connectivity index (χ1n) is 10.8. The number of likely N-dealkylation sites (tertiary alicyclic amines) is 1. The van der Waals surface area contributed by atoms with Gasteiger partial charge in [0.1, 0.15) is 6.54 Å². The highest BCUT2D eigenvalue weighted by Gasteiger charge is 2.59. The van der Waals surface area contributed by atoms with Crippen LogP contribution in [-0.2, 0) is 22.6 Å². The van der Waals surface area contributed by atoms with E-state index in [9.17, 15) is 30.4 Å². The van der Waals surface area contributed by atoms with Crippen LogP contribution in [0.1, 0.15) is 49.4 Å². The highest BCUT2D eigenvalue weighted by atomic mass is 32.2. The number of rotatable bonds is 4. The number of hydrogen-bond acceptors (Lipinski definition) is 4. The molecule has 2 aliphatic heterocycles. The van der Waals surface area contributed by atoms with Crippen molar-refractivity contribution in [3.05, 3.63) is 17.5 Å². The molecule has 0 bridgehead atoms. The van der Waals surface area contributed by atoms with Crippen molar-refractivity contribution in [2.75, 3.05) is 24.6 Å². The minimum atomic E-state index is -4.65. The Labute approximate surface area is 177 Å². The average Bonchev–Trinajstić information content (AvgIpc) is 3.02. The molecule has 2 saturated heterocycles. The third kappa shape index (κ3) is 4.00. The van der Waals surface area contributed by atoms with Crippen molar-refractivity contribution in [2.24, 2.45) is 17.3 Å². The molecule has 2 saturated carbocycles. The highest BCUT2D eigenvalue weighted by Crippen LogP contribution is 2.64. The molecule has 3 heterocycles. The maximum absolute atomic E-state index is 13.1. The molecule has 31 heavy (non-hydrogen) atoms. The van der Waals surface area contributed by atoms with Crippen molar-refractivity contribution >= 4 is 9.84 Å². The number of nitrogens with zero attached hydrogens (tertiary/aromatic N) is 3. The zero-order valence-electron chi connectivity index (χ0n) is 17.0. The molecule has 1 aromatic heterocycles. The molecule has 5 rings (SSSR count). The molecule has 4 aliphatic rings. The van der Waals surface area contributed by atoms with E-state index < -0.39 is 34.7 Å². The molecule has 11 heteroatoms. The zero-order chi connectivity index (χ0) is 22.2. The first-order chi connectivity index (χ1) is 14.5. The molecular weight excluding hydrogens is 441 g/mol. The molecule has 4 fully saturated rings. The van der Waals surface area contributed by atoms with Crippen LogP contribution in [-0.4, -0.2) is 60.2 Å². The summed E-state index contributed by atoms with van der Waals surface area (Å²) in [6.45, 7) is 0.856. The highest BCUT2D eigenvalue weighted by molar-refractivity contribution is 7.91. The Morgan fingerprint density at radius 2 is 1.90 bits per heavy atom. The summed E-state index contributed by atoms with van der Waals surface area (Å²) >= 11 is 0. The van der Waals surface area contributed by atoms with Crippen LogP contribution in [0.25, 0.3) is 0 Å². The molecule has 0 N–H and O–H groups in total. The minimum Gasteiger partial charge on any atom is -0.300 e. The fraction of sp³-hybridized carbons (Fsp3) is 0.850. The Kier molecular flexibility index (Phi) is 4.97. The normalized spacial score (nSPS) is 37.6. The van der Waals surface area contributed by atoms with Gasteiger partial charge in [-0.2, -0.15) is 18.3 Å². The molecule has 0 radical (unpaired) electrons. The van der Waals surface area contributed by atoms with Gasteiger partial charge in [0.25, 0.3) is 6.43 Å². The Morgan fingerprint density at radius 1 is 1.19 bits per heavy atom. The van der Waals surface area contributed by atoms with Gasteiger partial charge < -0.3 is 0 Å². The fourth-order valence-electron chi connectivity index (χ4n) is 6.53. The lowest BCUT2D eigenvalue weighted by Gasteiger charge is -2.43. The van der Waals surface area contributed by atoms with E-state index in [1.54, 1.807) is 0 Å². The number of aromatic nitrogens is 2. The predicted octanol–water partition coefficient (Wildman–Crippen LogP) is 3.56. The topological polar surface area (TPSA) is 55.2 Å². The molecule has 5 nitrogen and oxygen atoms in total. The summed E-state index contributed by atoms with van der Waals surface area (Å²) in [5.74, 6) is 0.734. The average molecular weight is 468 g/mol. The Hall–Kier alpha value is -1.23. The summed E-state index contributed by atoms with van der Waals surface area (Å²) in [5.41, 5.74) is -0.982. The van der Waals surface area contributed by atoms with Gasteiger partial charge in [-0.15, -0.1) is 0 Å². The Balaban J connectivity index is 1.27. The summed E-state index contributed by atoms with van der Waals surface area (Å²) in [4.78, 5) is 2.38. The molecule has 2 aliphatic carbocycles. The van der Waals surface area contributed by atoms with E-state index >= 15 is 0 Å². The molecular formula is C20H26F5N3O2S. The second kappa shape index (κ2) is 7.13. The molecule has 0 aromatic carbocycles. The summed E-state index contributed by atoms with van der Waals surface area (Å²) in [6, 6.07) is 1.24. The summed E-state index contributed by atoms with van der Waals surface area (Å²) in [6.07, 6.45) is -3.19. The Morgan fingerprint density at radius 3 is 2.48 bits per heavy atom. The number of hydrogen-bond donors (Lipinski definition) is 0. The third-order valence-electron chi connectivity index (χ3n) is 7.85. The van der Waals surface area contributed by atoms with Crippen molar-refractivity contribution in [3.8, 4) is 0 Å². The van der Waals surface area contributed by atoms with E-state index in [0.717, 1.165) is 49.5 Å². The number of fused-ring (bicyclic) bond motifs is 1. The monoisotopic (exact) mass is 467 g/mol. The molecule has 0 amide bonds. The largest absolute Gasteiger partial charge is 0.435 e. The molecule has 0 unspecified atom stereocenters. The molecule has 5 atom stereocenters. The lowest BCUT2D eigenvalue weighted by atomic mass is 9.79. The van der Waals surface area contributed by atoms with Gasteiger partial charge in [-0.3, -0.25) is 9.58 Å². The minimum absolute atomic E-state index is 0.149. The Bertz CT molecular complexity index is 951. The van der Waals surface area contributed by atoms with Crippen LogP contribution >= 0.6 is 0 Å². The van der Waals surface area contributed by atoms with Gasteiger partial charge in [0.15, 0.2) is 15.5 Å². The number of sulfone groups is 1. The van der Waals surface area contributed by atoms with E-state index in [1.807, 2.05) is 0 Å². The maximum Gasteiger partial charge on any atom is 0.435 e. The predicted molar refractivity (Wildman–Crippen MR) is 102 cm³/mol. The number of halogens is 5. The van der Waals surface area contributed by atoms with Crippen LogP contribution in [0.2, 0.25) is 0 Å². The van der Waals surface area contributed by atoms with Crippen LogP contribution in [0, 0.1) is 17.3 Å². The lowest BCUT2D eigenvalue weighted by Crippen LogP contribution is -2.48. The van der Waals surface area contributed by atoms with Crippen LogP contribution in [0.4, 0.5) is 22.0 Å². The van der Waals surface area contributed by atoms with Gasteiger partial charge in [0, 0.05) is 24.2 Å². The van der Waals surface area contributed by atoms with Gasteiger partial charge in [0.2, 0.25) is 0 Å². The molecule has 1 aromatic rings. The van der Waals surface area contributed by atoms with E-state index in [1.165, 1.54) is 0 Å². The van der Waals surface area contributed by atoms with Crippen LogP contribution in [0.5, 0.6) is 0 Å². The summed E-state index contributed by atoms with van der Waals surface area (Å²) in [5, 5.41) is 3.43. The van der Waals surface area contributed by atoms with Crippen molar-refractivity contribution < 1.29 is 30.4 Å². The molecule has 174 valence electrons. The van der Waals surface area contributed by atoms with Gasteiger partial charge in [0.05, 0.1) is 11.5 Å². The number of piperidine rings is 1. The summed E-state index contributed by atoms with van der Waals surface area (Å²) < 4.78 is 89.9. The SMILES string of the molecule is O=S1(=O)CC[C@]2(CCCN([C@@H]3C[C@@H]4[C@H](C3)[C@H]4c3cc(C(F)(F)F)nn3CC(F)F)C2)C1. The fourth-order valence-corrected chi connectivity index (χ4v) is 8.73. The summed E-state index contributed by atoms with van der Waals surface area (Å²) in [7, 11) is -2.96. The van der Waals surface area contributed by atoms with Gasteiger partial charge in [-0.25, -0.2) is 17.2 Å².